The van der Waals surface area contributed by atoms with Gasteiger partial charge in [0.15, 0.2) is 0 Å². The molecule has 1 rings (SSSR count). The second-order valence-electron chi connectivity index (χ2n) is 3.68. The fourth-order valence-electron chi connectivity index (χ4n) is 1.38. The van der Waals surface area contributed by atoms with Crippen molar-refractivity contribution in [3.63, 3.8) is 0 Å². The predicted molar refractivity (Wildman–Crippen MR) is 67.7 cm³/mol. The smallest absolute Gasteiger partial charge is 0.224 e. The Morgan fingerprint density at radius 3 is 2.82 bits per heavy atom. The van der Waals surface area contributed by atoms with E-state index in [9.17, 15) is 4.79 Å². The molecule has 0 bridgehead atoms. The first kappa shape index (κ1) is 13.8. The Morgan fingerprint density at radius 2 is 2.24 bits per heavy atom. The second kappa shape index (κ2) is 6.47. The Bertz CT molecular complexity index is 407. The SMILES string of the molecule is COc1cc(Cl)c(C)cc1NC(=O)CCCO. The number of halogens is 1. The van der Waals surface area contributed by atoms with Crippen LogP contribution in [0.2, 0.25) is 5.02 Å². The van der Waals surface area contributed by atoms with Gasteiger partial charge in [0, 0.05) is 24.1 Å². The number of ether oxygens (including phenoxy) is 1. The zero-order valence-corrected chi connectivity index (χ0v) is 10.7. The minimum atomic E-state index is -0.154. The number of anilines is 1. The Labute approximate surface area is 106 Å². The van der Waals surface area contributed by atoms with Crippen LogP contribution >= 0.6 is 11.6 Å². The maximum absolute atomic E-state index is 11.5. The maximum atomic E-state index is 11.5. The fourth-order valence-corrected chi connectivity index (χ4v) is 1.54. The van der Waals surface area contributed by atoms with Crippen molar-refractivity contribution in [2.24, 2.45) is 0 Å². The molecule has 0 unspecified atom stereocenters. The molecule has 0 saturated heterocycles. The van der Waals surface area contributed by atoms with Crippen molar-refractivity contribution in [1.82, 2.24) is 0 Å². The lowest BCUT2D eigenvalue weighted by Crippen LogP contribution is -2.12. The van der Waals surface area contributed by atoms with Crippen molar-refractivity contribution in [3.05, 3.63) is 22.7 Å². The average molecular weight is 258 g/mol. The number of aliphatic hydroxyl groups excluding tert-OH is 1. The molecular formula is C12H16ClNO3. The summed E-state index contributed by atoms with van der Waals surface area (Å²) in [6.45, 7) is 1.86. The van der Waals surface area contributed by atoms with E-state index in [2.05, 4.69) is 5.32 Å². The van der Waals surface area contributed by atoms with E-state index in [-0.39, 0.29) is 18.9 Å². The average Bonchev–Trinajstić information content (AvgIpc) is 2.31. The summed E-state index contributed by atoms with van der Waals surface area (Å²) in [5.74, 6) is 0.372. The van der Waals surface area contributed by atoms with Gasteiger partial charge in [0.1, 0.15) is 5.75 Å². The molecule has 94 valence electrons. The summed E-state index contributed by atoms with van der Waals surface area (Å²) in [5.41, 5.74) is 1.46. The van der Waals surface area contributed by atoms with Crippen molar-refractivity contribution in [2.45, 2.75) is 19.8 Å². The predicted octanol–water partition coefficient (Wildman–Crippen LogP) is 2.37. The summed E-state index contributed by atoms with van der Waals surface area (Å²) in [5, 5.41) is 12.0. The van der Waals surface area contributed by atoms with Gasteiger partial charge in [0.25, 0.3) is 0 Å². The molecule has 1 aromatic rings. The molecular weight excluding hydrogens is 242 g/mol. The topological polar surface area (TPSA) is 58.6 Å². The summed E-state index contributed by atoms with van der Waals surface area (Å²) in [7, 11) is 1.52. The van der Waals surface area contributed by atoms with Crippen molar-refractivity contribution in [2.75, 3.05) is 19.0 Å². The number of rotatable bonds is 5. The first-order valence-corrected chi connectivity index (χ1v) is 5.71. The molecule has 0 atom stereocenters. The van der Waals surface area contributed by atoms with Crippen LogP contribution in [0.4, 0.5) is 5.69 Å². The molecule has 2 N–H and O–H groups in total. The number of nitrogens with one attached hydrogen (secondary N) is 1. The molecule has 5 heteroatoms. The van der Waals surface area contributed by atoms with Crippen molar-refractivity contribution in [3.8, 4) is 5.75 Å². The molecule has 0 aliphatic heterocycles. The van der Waals surface area contributed by atoms with E-state index >= 15 is 0 Å². The van der Waals surface area contributed by atoms with Crippen molar-refractivity contribution < 1.29 is 14.6 Å². The highest BCUT2D eigenvalue weighted by Crippen LogP contribution is 2.30. The summed E-state index contributed by atoms with van der Waals surface area (Å²) < 4.78 is 5.14. The maximum Gasteiger partial charge on any atom is 0.224 e. The number of carbonyl (C=O) groups is 1. The number of hydrogen-bond donors (Lipinski definition) is 2. The monoisotopic (exact) mass is 257 g/mol. The zero-order chi connectivity index (χ0) is 12.8. The number of carbonyl (C=O) groups excluding carboxylic acids is 1. The summed E-state index contributed by atoms with van der Waals surface area (Å²) in [6.07, 6.45) is 0.724. The van der Waals surface area contributed by atoms with E-state index in [1.54, 1.807) is 12.1 Å². The zero-order valence-electron chi connectivity index (χ0n) is 9.92. The lowest BCUT2D eigenvalue weighted by atomic mass is 10.2. The lowest BCUT2D eigenvalue weighted by Gasteiger charge is -2.12. The molecule has 17 heavy (non-hydrogen) atoms. The van der Waals surface area contributed by atoms with Crippen LogP contribution in [0.15, 0.2) is 12.1 Å². The van der Waals surface area contributed by atoms with Crippen LogP contribution < -0.4 is 10.1 Å². The number of amides is 1. The Hall–Kier alpha value is -1.26. The minimum Gasteiger partial charge on any atom is -0.495 e. The third-order valence-electron chi connectivity index (χ3n) is 2.32. The summed E-state index contributed by atoms with van der Waals surface area (Å²) in [6, 6.07) is 3.43. The third kappa shape index (κ3) is 3.91. The molecule has 0 aromatic heterocycles. The lowest BCUT2D eigenvalue weighted by molar-refractivity contribution is -0.116. The molecule has 4 nitrogen and oxygen atoms in total. The standard InChI is InChI=1S/C12H16ClNO3/c1-8-6-10(11(17-2)7-9(8)13)14-12(16)4-3-5-15/h6-7,15H,3-5H2,1-2H3,(H,14,16). The fraction of sp³-hybridized carbons (Fsp3) is 0.417. The van der Waals surface area contributed by atoms with Crippen LogP contribution in [0.3, 0.4) is 0 Å². The Kier molecular flexibility index (Phi) is 5.25. The van der Waals surface area contributed by atoms with Gasteiger partial charge < -0.3 is 15.2 Å². The van der Waals surface area contributed by atoms with Gasteiger partial charge in [-0.2, -0.15) is 0 Å². The van der Waals surface area contributed by atoms with Crippen molar-refractivity contribution >= 4 is 23.2 Å². The normalized spacial score (nSPS) is 10.1. The highest BCUT2D eigenvalue weighted by Gasteiger charge is 2.09. The van der Waals surface area contributed by atoms with Gasteiger partial charge in [-0.3, -0.25) is 4.79 Å². The van der Waals surface area contributed by atoms with E-state index in [0.717, 1.165) is 5.56 Å². The molecule has 0 fully saturated rings. The third-order valence-corrected chi connectivity index (χ3v) is 2.72. The second-order valence-corrected chi connectivity index (χ2v) is 4.08. The summed E-state index contributed by atoms with van der Waals surface area (Å²) in [4.78, 5) is 11.5. The molecule has 0 radical (unpaired) electrons. The molecule has 0 heterocycles. The first-order chi connectivity index (χ1) is 8.08. The number of benzene rings is 1. The van der Waals surface area contributed by atoms with Crippen molar-refractivity contribution in [1.29, 1.82) is 0 Å². The quantitative estimate of drug-likeness (QED) is 0.851. The molecule has 0 spiro atoms. The van der Waals surface area contributed by atoms with Gasteiger partial charge in [-0.15, -0.1) is 0 Å². The van der Waals surface area contributed by atoms with Crippen LogP contribution in [0, 0.1) is 6.92 Å². The Morgan fingerprint density at radius 1 is 1.53 bits per heavy atom. The molecule has 0 aliphatic rings. The van der Waals surface area contributed by atoms with Gasteiger partial charge >= 0.3 is 0 Å². The molecule has 0 saturated carbocycles. The molecule has 1 aromatic carbocycles. The largest absolute Gasteiger partial charge is 0.495 e. The van der Waals surface area contributed by atoms with E-state index in [0.29, 0.717) is 22.9 Å². The number of methoxy groups -OCH3 is 1. The first-order valence-electron chi connectivity index (χ1n) is 5.33. The number of aryl methyl sites for hydroxylation is 1. The van der Waals surface area contributed by atoms with Crippen LogP contribution in [-0.4, -0.2) is 24.7 Å². The van der Waals surface area contributed by atoms with E-state index in [4.69, 9.17) is 21.4 Å². The number of hydrogen-bond acceptors (Lipinski definition) is 3. The van der Waals surface area contributed by atoms with E-state index < -0.39 is 0 Å². The highest BCUT2D eigenvalue weighted by molar-refractivity contribution is 6.31. The summed E-state index contributed by atoms with van der Waals surface area (Å²) >= 11 is 5.96. The van der Waals surface area contributed by atoms with Crippen LogP contribution in [-0.2, 0) is 4.79 Å². The Balaban J connectivity index is 2.82. The van der Waals surface area contributed by atoms with Gasteiger partial charge in [-0.1, -0.05) is 11.6 Å². The van der Waals surface area contributed by atoms with Gasteiger partial charge in [-0.25, -0.2) is 0 Å². The van der Waals surface area contributed by atoms with Crippen LogP contribution in [0.5, 0.6) is 5.75 Å². The number of aliphatic hydroxyl groups is 1. The highest BCUT2D eigenvalue weighted by atomic mass is 35.5. The van der Waals surface area contributed by atoms with E-state index in [1.165, 1.54) is 7.11 Å². The van der Waals surface area contributed by atoms with Gasteiger partial charge in [-0.05, 0) is 25.0 Å². The minimum absolute atomic E-state index is 0.00417. The van der Waals surface area contributed by atoms with Crippen LogP contribution in [0.1, 0.15) is 18.4 Å². The van der Waals surface area contributed by atoms with E-state index in [1.807, 2.05) is 6.92 Å². The van der Waals surface area contributed by atoms with Crippen LogP contribution in [0.25, 0.3) is 0 Å². The van der Waals surface area contributed by atoms with Gasteiger partial charge in [0.05, 0.1) is 12.8 Å². The van der Waals surface area contributed by atoms with Gasteiger partial charge in [0.2, 0.25) is 5.91 Å². The molecule has 0 aliphatic carbocycles. The molecule has 1 amide bonds.